The Kier molecular flexibility index (Phi) is 4.62. The van der Waals surface area contributed by atoms with E-state index in [1.807, 2.05) is 12.1 Å². The summed E-state index contributed by atoms with van der Waals surface area (Å²) in [6.07, 6.45) is 0.137. The van der Waals surface area contributed by atoms with Gasteiger partial charge in [0.15, 0.2) is 0 Å². The summed E-state index contributed by atoms with van der Waals surface area (Å²) < 4.78 is 0. The zero-order valence-electron chi connectivity index (χ0n) is 10.6. The Morgan fingerprint density at radius 1 is 1.50 bits per heavy atom. The van der Waals surface area contributed by atoms with Gasteiger partial charge in [-0.15, -0.1) is 0 Å². The standard InChI is InChI=1S/C14H20ClNO2/c1-10-5-6-16(8-13(10)17)9-14(18)11-3-2-4-12(15)7-11/h2-4,7,10,13-14,17-18H,5-6,8-9H2,1H3. The summed E-state index contributed by atoms with van der Waals surface area (Å²) in [6.45, 7) is 4.17. The van der Waals surface area contributed by atoms with Crippen LogP contribution in [0.5, 0.6) is 0 Å². The van der Waals surface area contributed by atoms with Crippen LogP contribution in [0, 0.1) is 5.92 Å². The fourth-order valence-corrected chi connectivity index (χ4v) is 2.54. The van der Waals surface area contributed by atoms with E-state index in [2.05, 4.69) is 11.8 Å². The number of halogens is 1. The first-order valence-corrected chi connectivity index (χ1v) is 6.78. The van der Waals surface area contributed by atoms with E-state index in [-0.39, 0.29) is 6.10 Å². The number of nitrogens with zero attached hydrogens (tertiary/aromatic N) is 1. The second-order valence-corrected chi connectivity index (χ2v) is 5.60. The number of likely N-dealkylation sites (tertiary alicyclic amines) is 1. The third-order valence-electron chi connectivity index (χ3n) is 3.67. The van der Waals surface area contributed by atoms with Crippen molar-refractivity contribution in [3.8, 4) is 0 Å². The minimum Gasteiger partial charge on any atom is -0.392 e. The molecular weight excluding hydrogens is 250 g/mol. The summed E-state index contributed by atoms with van der Waals surface area (Å²) >= 11 is 5.91. The van der Waals surface area contributed by atoms with Gasteiger partial charge in [0, 0.05) is 18.1 Å². The van der Waals surface area contributed by atoms with E-state index >= 15 is 0 Å². The highest BCUT2D eigenvalue weighted by Crippen LogP contribution is 2.22. The zero-order valence-corrected chi connectivity index (χ0v) is 11.3. The zero-order chi connectivity index (χ0) is 13.1. The third-order valence-corrected chi connectivity index (χ3v) is 3.90. The molecule has 3 atom stereocenters. The van der Waals surface area contributed by atoms with E-state index in [9.17, 15) is 10.2 Å². The van der Waals surface area contributed by atoms with Crippen molar-refractivity contribution in [2.75, 3.05) is 19.6 Å². The summed E-state index contributed by atoms with van der Waals surface area (Å²) in [7, 11) is 0. The van der Waals surface area contributed by atoms with Gasteiger partial charge in [-0.1, -0.05) is 30.7 Å². The van der Waals surface area contributed by atoms with E-state index in [4.69, 9.17) is 11.6 Å². The summed E-state index contributed by atoms with van der Waals surface area (Å²) in [4.78, 5) is 2.11. The highest BCUT2D eigenvalue weighted by atomic mass is 35.5. The Balaban J connectivity index is 1.93. The van der Waals surface area contributed by atoms with Crippen LogP contribution in [0.3, 0.4) is 0 Å². The van der Waals surface area contributed by atoms with Gasteiger partial charge in [-0.2, -0.15) is 0 Å². The van der Waals surface area contributed by atoms with Crippen molar-refractivity contribution in [2.24, 2.45) is 5.92 Å². The fraction of sp³-hybridized carbons (Fsp3) is 0.571. The lowest BCUT2D eigenvalue weighted by molar-refractivity contribution is 0.00859. The van der Waals surface area contributed by atoms with Gasteiger partial charge < -0.3 is 10.2 Å². The van der Waals surface area contributed by atoms with Crippen molar-refractivity contribution >= 4 is 11.6 Å². The lowest BCUT2D eigenvalue weighted by Gasteiger charge is -2.35. The summed E-state index contributed by atoms with van der Waals surface area (Å²) in [6, 6.07) is 7.30. The second kappa shape index (κ2) is 6.02. The van der Waals surface area contributed by atoms with E-state index in [1.165, 1.54) is 0 Å². The molecule has 3 nitrogen and oxygen atoms in total. The molecule has 3 unspecified atom stereocenters. The van der Waals surface area contributed by atoms with Crippen LogP contribution < -0.4 is 0 Å². The predicted octanol–water partition coefficient (Wildman–Crippen LogP) is 2.08. The molecule has 0 radical (unpaired) electrons. The van der Waals surface area contributed by atoms with Gasteiger partial charge in [-0.25, -0.2) is 0 Å². The molecule has 1 heterocycles. The van der Waals surface area contributed by atoms with Crippen LogP contribution in [0.15, 0.2) is 24.3 Å². The molecule has 1 aliphatic heterocycles. The average molecular weight is 270 g/mol. The number of hydrogen-bond acceptors (Lipinski definition) is 3. The van der Waals surface area contributed by atoms with Crippen molar-refractivity contribution in [2.45, 2.75) is 25.6 Å². The van der Waals surface area contributed by atoms with Gasteiger partial charge in [-0.05, 0) is 36.6 Å². The topological polar surface area (TPSA) is 43.7 Å². The first kappa shape index (κ1) is 13.8. The van der Waals surface area contributed by atoms with Gasteiger partial charge in [0.05, 0.1) is 12.2 Å². The molecule has 0 aliphatic carbocycles. The quantitative estimate of drug-likeness (QED) is 0.883. The average Bonchev–Trinajstić information content (AvgIpc) is 2.34. The largest absolute Gasteiger partial charge is 0.392 e. The van der Waals surface area contributed by atoms with Gasteiger partial charge in [-0.3, -0.25) is 4.90 Å². The minimum absolute atomic E-state index is 0.287. The van der Waals surface area contributed by atoms with Crippen molar-refractivity contribution in [1.29, 1.82) is 0 Å². The summed E-state index contributed by atoms with van der Waals surface area (Å²) in [5.41, 5.74) is 0.829. The maximum absolute atomic E-state index is 10.2. The molecule has 0 bridgehead atoms. The number of aliphatic hydroxyl groups is 2. The first-order chi connectivity index (χ1) is 8.56. The fourth-order valence-electron chi connectivity index (χ4n) is 2.34. The third kappa shape index (κ3) is 3.45. The monoisotopic (exact) mass is 269 g/mol. The maximum Gasteiger partial charge on any atom is 0.0917 e. The van der Waals surface area contributed by atoms with Crippen LogP contribution in [-0.2, 0) is 0 Å². The van der Waals surface area contributed by atoms with Gasteiger partial charge in [0.2, 0.25) is 0 Å². The summed E-state index contributed by atoms with van der Waals surface area (Å²) in [5.74, 6) is 0.351. The first-order valence-electron chi connectivity index (χ1n) is 6.40. The van der Waals surface area contributed by atoms with Crippen LogP contribution in [0.4, 0.5) is 0 Å². The van der Waals surface area contributed by atoms with Crippen molar-refractivity contribution in [1.82, 2.24) is 4.90 Å². The van der Waals surface area contributed by atoms with E-state index in [0.717, 1.165) is 18.5 Å². The molecule has 0 amide bonds. The second-order valence-electron chi connectivity index (χ2n) is 5.16. The van der Waals surface area contributed by atoms with Crippen LogP contribution in [0.25, 0.3) is 0 Å². The van der Waals surface area contributed by atoms with Crippen molar-refractivity contribution in [3.63, 3.8) is 0 Å². The molecule has 2 N–H and O–H groups in total. The molecule has 0 saturated carbocycles. The van der Waals surface area contributed by atoms with Gasteiger partial charge in [0.25, 0.3) is 0 Å². The molecule has 4 heteroatoms. The Labute approximate surface area is 113 Å². The van der Waals surface area contributed by atoms with E-state index in [0.29, 0.717) is 24.0 Å². The van der Waals surface area contributed by atoms with Crippen molar-refractivity contribution < 1.29 is 10.2 Å². The summed E-state index contributed by atoms with van der Waals surface area (Å²) in [5, 5.41) is 20.6. The number of rotatable bonds is 3. The number of piperidine rings is 1. The van der Waals surface area contributed by atoms with Crippen LogP contribution >= 0.6 is 11.6 Å². The lowest BCUT2D eigenvalue weighted by atomic mass is 9.95. The maximum atomic E-state index is 10.2. The van der Waals surface area contributed by atoms with Crippen LogP contribution in [-0.4, -0.2) is 40.9 Å². The predicted molar refractivity (Wildman–Crippen MR) is 72.6 cm³/mol. The van der Waals surface area contributed by atoms with Crippen LogP contribution in [0.2, 0.25) is 5.02 Å². The van der Waals surface area contributed by atoms with Gasteiger partial charge in [0.1, 0.15) is 0 Å². The van der Waals surface area contributed by atoms with Crippen LogP contribution in [0.1, 0.15) is 25.0 Å². The van der Waals surface area contributed by atoms with E-state index in [1.54, 1.807) is 12.1 Å². The molecule has 1 aromatic carbocycles. The molecule has 100 valence electrons. The molecule has 0 spiro atoms. The Bertz CT molecular complexity index is 399. The Morgan fingerprint density at radius 3 is 2.94 bits per heavy atom. The SMILES string of the molecule is CC1CCN(CC(O)c2cccc(Cl)c2)CC1O. The minimum atomic E-state index is -0.552. The molecular formula is C14H20ClNO2. The molecule has 1 aromatic rings. The molecule has 1 fully saturated rings. The number of aliphatic hydroxyl groups excluding tert-OH is 2. The molecule has 2 rings (SSSR count). The molecule has 18 heavy (non-hydrogen) atoms. The molecule has 1 aliphatic rings. The highest BCUT2D eigenvalue weighted by molar-refractivity contribution is 6.30. The normalized spacial score (nSPS) is 27.1. The molecule has 1 saturated heterocycles. The Morgan fingerprint density at radius 2 is 2.28 bits per heavy atom. The number of β-amino-alcohol motifs (C(OH)–C–C–N with tert-alkyl or cyclic N) is 2. The highest BCUT2D eigenvalue weighted by Gasteiger charge is 2.25. The van der Waals surface area contributed by atoms with Crippen molar-refractivity contribution in [3.05, 3.63) is 34.9 Å². The molecule has 0 aromatic heterocycles. The Hall–Kier alpha value is -0.610. The smallest absolute Gasteiger partial charge is 0.0917 e. The lowest BCUT2D eigenvalue weighted by Crippen LogP contribution is -2.44. The number of hydrogen-bond donors (Lipinski definition) is 2. The van der Waals surface area contributed by atoms with E-state index < -0.39 is 6.10 Å². The van der Waals surface area contributed by atoms with Gasteiger partial charge >= 0.3 is 0 Å². The number of benzene rings is 1.